The van der Waals surface area contributed by atoms with Crippen LogP contribution in [0.3, 0.4) is 0 Å². The summed E-state index contributed by atoms with van der Waals surface area (Å²) in [6.45, 7) is 3.74. The number of benzene rings is 4. The van der Waals surface area contributed by atoms with Crippen LogP contribution in [-0.2, 0) is 16.0 Å². The van der Waals surface area contributed by atoms with Crippen LogP contribution in [0.25, 0.3) is 21.8 Å². The third-order valence-electron chi connectivity index (χ3n) is 9.34. The Morgan fingerprint density at radius 3 is 1.61 bits per heavy atom. The van der Waals surface area contributed by atoms with E-state index in [1.165, 1.54) is 13.8 Å². The minimum atomic E-state index is -1.68. The molecule has 2 aromatic heterocycles. The number of aliphatic carboxylic acids is 1. The van der Waals surface area contributed by atoms with Gasteiger partial charge in [-0.3, -0.25) is 28.3 Å². The van der Waals surface area contributed by atoms with Gasteiger partial charge in [-0.1, -0.05) is 0 Å². The number of halogens is 6. The average Bonchev–Trinajstić information content (AvgIpc) is 3.58. The Labute approximate surface area is 300 Å². The van der Waals surface area contributed by atoms with E-state index < -0.39 is 99.2 Å². The molecule has 2 unspecified atom stereocenters. The van der Waals surface area contributed by atoms with Crippen LogP contribution < -0.4 is 5.32 Å². The fourth-order valence-electron chi connectivity index (χ4n) is 6.62. The van der Waals surface area contributed by atoms with Gasteiger partial charge in [0.25, 0.3) is 11.8 Å². The van der Waals surface area contributed by atoms with Gasteiger partial charge in [-0.25, -0.2) is 26.3 Å². The summed E-state index contributed by atoms with van der Waals surface area (Å²) in [4.78, 5) is 53.7. The number of hydrogen-bond acceptors (Lipinski definition) is 6. The van der Waals surface area contributed by atoms with E-state index in [2.05, 4.69) is 5.32 Å². The van der Waals surface area contributed by atoms with Crippen LogP contribution >= 0.6 is 0 Å². The third kappa shape index (κ3) is 6.08. The predicted molar refractivity (Wildman–Crippen MR) is 180 cm³/mol. The topological polar surface area (TPSA) is 151 Å². The minimum absolute atomic E-state index is 0.0666. The minimum Gasteiger partial charge on any atom is -0.505 e. The first-order chi connectivity index (χ1) is 25.4. The highest BCUT2D eigenvalue weighted by molar-refractivity contribution is 6.06. The molecule has 1 amide bonds. The third-order valence-corrected chi connectivity index (χ3v) is 9.34. The smallest absolute Gasteiger partial charge is 0.308 e. The molecule has 54 heavy (non-hydrogen) atoms. The summed E-state index contributed by atoms with van der Waals surface area (Å²) in [5, 5.41) is 32.2. The Kier molecular flexibility index (Phi) is 9.48. The molecule has 0 saturated carbocycles. The lowest BCUT2D eigenvalue weighted by atomic mass is 9.91. The Balaban J connectivity index is 1.48. The molecule has 2 heterocycles. The number of aromatic hydroxyl groups is 2. The van der Waals surface area contributed by atoms with E-state index in [0.717, 1.165) is 52.5 Å². The fourth-order valence-corrected chi connectivity index (χ4v) is 6.62. The van der Waals surface area contributed by atoms with Crippen LogP contribution in [0.1, 0.15) is 56.2 Å². The molecule has 0 aliphatic carbocycles. The molecule has 0 aliphatic rings. The Morgan fingerprint density at radius 2 is 1.13 bits per heavy atom. The number of carbonyl (C=O) groups excluding carboxylic acids is 3. The van der Waals surface area contributed by atoms with Crippen LogP contribution in [0, 0.1) is 54.7 Å². The second-order valence-electron chi connectivity index (χ2n) is 12.5. The highest BCUT2D eigenvalue weighted by Gasteiger charge is 2.35. The van der Waals surface area contributed by atoms with Crippen molar-refractivity contribution in [3.05, 3.63) is 129 Å². The first kappa shape index (κ1) is 37.2. The molecule has 4 aromatic carbocycles. The molecule has 0 fully saturated rings. The van der Waals surface area contributed by atoms with Gasteiger partial charge in [-0.05, 0) is 87.0 Å². The molecule has 10 nitrogen and oxygen atoms in total. The summed E-state index contributed by atoms with van der Waals surface area (Å²) in [5.41, 5.74) is -1.79. The standard InChI is InChI=1S/C38H27F6N3O7/c1-15(38(53)54)35(30-17(3)47(26-9-11-28(49)34(44)32(26)30)37(52)19-5-7-22(40)24(42)13-19)45-29(50)14-20-16(2)46(25-8-10-27(48)33(43)31(20)25)36(51)18-4-6-21(39)23(41)12-18/h4-13,15,35,48-49H,14H2,1-3H3,(H,45,50)(H,53,54). The molecule has 4 N–H and O–H groups in total. The number of carboxylic acid groups (broad SMARTS) is 1. The van der Waals surface area contributed by atoms with Gasteiger partial charge in [0.2, 0.25) is 5.91 Å². The van der Waals surface area contributed by atoms with E-state index in [9.17, 15) is 52.1 Å². The van der Waals surface area contributed by atoms with Crippen LogP contribution in [0.4, 0.5) is 26.3 Å². The SMILES string of the molecule is Cc1c(CC(=O)NC(c2c(C)n(C(=O)c3ccc(F)c(F)c3)c3ccc(O)c(F)c23)C(C)C(=O)O)c2c(F)c(O)ccc2n1C(=O)c1ccc(F)c(F)c1. The number of phenols is 2. The van der Waals surface area contributed by atoms with Crippen LogP contribution in [0.15, 0.2) is 60.7 Å². The molecule has 0 aliphatic heterocycles. The number of nitrogens with zero attached hydrogens (tertiary/aromatic N) is 2. The summed E-state index contributed by atoms with van der Waals surface area (Å²) >= 11 is 0. The number of rotatable bonds is 8. The zero-order valence-corrected chi connectivity index (χ0v) is 28.3. The fraction of sp³-hybridized carbons (Fsp3) is 0.158. The van der Waals surface area contributed by atoms with E-state index in [0.29, 0.717) is 24.3 Å². The molecule has 0 bridgehead atoms. The van der Waals surface area contributed by atoms with E-state index in [-0.39, 0.29) is 44.7 Å². The van der Waals surface area contributed by atoms with Crippen molar-refractivity contribution in [3.8, 4) is 11.5 Å². The maximum atomic E-state index is 15.8. The van der Waals surface area contributed by atoms with Crippen LogP contribution in [0.2, 0.25) is 0 Å². The van der Waals surface area contributed by atoms with Crippen molar-refractivity contribution in [3.63, 3.8) is 0 Å². The summed E-state index contributed by atoms with van der Waals surface area (Å²) in [6.07, 6.45) is -0.789. The lowest BCUT2D eigenvalue weighted by Gasteiger charge is -2.24. The number of carboxylic acids is 1. The molecule has 0 radical (unpaired) electrons. The lowest BCUT2D eigenvalue weighted by Crippen LogP contribution is -2.37. The van der Waals surface area contributed by atoms with E-state index >= 15 is 8.78 Å². The van der Waals surface area contributed by atoms with Crippen molar-refractivity contribution in [1.82, 2.24) is 14.5 Å². The second-order valence-corrected chi connectivity index (χ2v) is 12.5. The zero-order valence-electron chi connectivity index (χ0n) is 28.3. The van der Waals surface area contributed by atoms with E-state index in [1.54, 1.807) is 0 Å². The van der Waals surface area contributed by atoms with Gasteiger partial charge in [0.05, 0.1) is 29.4 Å². The van der Waals surface area contributed by atoms with Crippen LogP contribution in [0.5, 0.6) is 11.5 Å². The highest BCUT2D eigenvalue weighted by atomic mass is 19.2. The van der Waals surface area contributed by atoms with Gasteiger partial charge in [0.15, 0.2) is 46.4 Å². The summed E-state index contributed by atoms with van der Waals surface area (Å²) in [7, 11) is 0. The van der Waals surface area contributed by atoms with Crippen LogP contribution in [-0.4, -0.2) is 48.1 Å². The highest BCUT2D eigenvalue weighted by Crippen LogP contribution is 2.40. The molecular formula is C38H27F6N3O7. The summed E-state index contributed by atoms with van der Waals surface area (Å²) in [6, 6.07) is 7.04. The normalized spacial score (nSPS) is 12.6. The van der Waals surface area contributed by atoms with Gasteiger partial charge >= 0.3 is 5.97 Å². The number of aromatic nitrogens is 2. The van der Waals surface area contributed by atoms with Crippen molar-refractivity contribution < 1.29 is 60.8 Å². The van der Waals surface area contributed by atoms with Crippen molar-refractivity contribution >= 4 is 45.5 Å². The van der Waals surface area contributed by atoms with Crippen molar-refractivity contribution in [1.29, 1.82) is 0 Å². The lowest BCUT2D eigenvalue weighted by molar-refractivity contribution is -0.142. The molecule has 6 aromatic rings. The maximum Gasteiger partial charge on any atom is 0.308 e. The van der Waals surface area contributed by atoms with Crippen molar-refractivity contribution in [2.75, 3.05) is 0 Å². The first-order valence-electron chi connectivity index (χ1n) is 16.0. The van der Waals surface area contributed by atoms with Crippen molar-refractivity contribution in [2.24, 2.45) is 5.92 Å². The Hall–Kier alpha value is -6.58. The van der Waals surface area contributed by atoms with E-state index in [1.807, 2.05) is 0 Å². The predicted octanol–water partition coefficient (Wildman–Crippen LogP) is 6.96. The average molecular weight is 752 g/mol. The Bertz CT molecular complexity index is 2600. The Morgan fingerprint density at radius 1 is 0.667 bits per heavy atom. The quantitative estimate of drug-likeness (QED) is 0.123. The number of phenolic OH excluding ortho intramolecular Hbond substituents is 2. The summed E-state index contributed by atoms with van der Waals surface area (Å²) in [5.74, 6) is -15.5. The maximum absolute atomic E-state index is 15.8. The number of hydrogen-bond donors (Lipinski definition) is 4. The molecule has 0 spiro atoms. The molecule has 0 saturated heterocycles. The van der Waals surface area contributed by atoms with Gasteiger partial charge < -0.3 is 20.6 Å². The monoisotopic (exact) mass is 751 g/mol. The molecule has 278 valence electrons. The second kappa shape index (κ2) is 13.8. The summed E-state index contributed by atoms with van der Waals surface area (Å²) < 4.78 is 88.8. The number of nitrogens with one attached hydrogen (secondary N) is 1. The van der Waals surface area contributed by atoms with Gasteiger partial charge in [0, 0.05) is 38.9 Å². The molecule has 16 heteroatoms. The largest absolute Gasteiger partial charge is 0.505 e. The number of carbonyl (C=O) groups is 4. The number of amides is 1. The van der Waals surface area contributed by atoms with Crippen molar-refractivity contribution in [2.45, 2.75) is 33.2 Å². The zero-order chi connectivity index (χ0) is 39.5. The first-order valence-corrected chi connectivity index (χ1v) is 16.0. The van der Waals surface area contributed by atoms with Gasteiger partial charge in [-0.15, -0.1) is 0 Å². The van der Waals surface area contributed by atoms with E-state index in [4.69, 9.17) is 0 Å². The molecular weight excluding hydrogens is 724 g/mol. The molecule has 6 rings (SSSR count). The number of fused-ring (bicyclic) bond motifs is 2. The van der Waals surface area contributed by atoms with Gasteiger partial charge in [0.1, 0.15) is 0 Å². The molecule has 2 atom stereocenters. The van der Waals surface area contributed by atoms with Gasteiger partial charge in [-0.2, -0.15) is 0 Å².